The molecule has 0 aliphatic heterocycles. The van der Waals surface area contributed by atoms with Gasteiger partial charge in [-0.05, 0) is 36.4 Å². The summed E-state index contributed by atoms with van der Waals surface area (Å²) in [5, 5.41) is 5.41. The molecule has 4 N–H and O–H groups in total. The fourth-order valence-corrected chi connectivity index (χ4v) is 2.65. The number of hydrazine groups is 1. The fraction of sp³-hybridized carbons (Fsp3) is 0.0667. The van der Waals surface area contributed by atoms with Crippen molar-refractivity contribution in [3.05, 3.63) is 58.6 Å². The summed E-state index contributed by atoms with van der Waals surface area (Å²) >= 11 is 5.79. The summed E-state index contributed by atoms with van der Waals surface area (Å²) in [6.45, 7) is 0. The van der Waals surface area contributed by atoms with Crippen molar-refractivity contribution in [3.8, 4) is 5.75 Å². The molecule has 0 aromatic heterocycles. The molecule has 25 heavy (non-hydrogen) atoms. The lowest BCUT2D eigenvalue weighted by molar-refractivity contribution is 0.0845. The second-order valence-corrected chi connectivity index (χ2v) is 6.82. The van der Waals surface area contributed by atoms with Crippen molar-refractivity contribution in [3.63, 3.8) is 0 Å². The predicted molar refractivity (Wildman–Crippen MR) is 90.8 cm³/mol. The predicted octanol–water partition coefficient (Wildman–Crippen LogP) is 1.07. The Hall–Kier alpha value is -2.62. The Balaban J connectivity index is 2.19. The first-order chi connectivity index (χ1) is 11.7. The van der Waals surface area contributed by atoms with Gasteiger partial charge in [-0.1, -0.05) is 17.7 Å². The SMILES string of the molecule is COc1ccc(S(N)(=O)=O)cc1C(=O)NNC(=O)c1cccc(Cl)c1. The van der Waals surface area contributed by atoms with Crippen molar-refractivity contribution in [2.75, 3.05) is 7.11 Å². The number of amides is 2. The van der Waals surface area contributed by atoms with Crippen molar-refractivity contribution in [2.45, 2.75) is 4.90 Å². The summed E-state index contributed by atoms with van der Waals surface area (Å²) in [5.41, 5.74) is 4.50. The minimum absolute atomic E-state index is 0.111. The fourth-order valence-electron chi connectivity index (χ4n) is 1.92. The number of carbonyl (C=O) groups excluding carboxylic acids is 2. The maximum atomic E-state index is 12.2. The van der Waals surface area contributed by atoms with Gasteiger partial charge < -0.3 is 4.74 Å². The van der Waals surface area contributed by atoms with Gasteiger partial charge in [-0.2, -0.15) is 0 Å². The normalized spacial score (nSPS) is 10.8. The Bertz CT molecular complexity index is 931. The summed E-state index contributed by atoms with van der Waals surface area (Å²) < 4.78 is 27.8. The zero-order chi connectivity index (χ0) is 18.6. The molecule has 0 unspecified atom stereocenters. The Morgan fingerprint density at radius 3 is 2.36 bits per heavy atom. The topological polar surface area (TPSA) is 128 Å². The average molecular weight is 384 g/mol. The van der Waals surface area contributed by atoms with Crippen LogP contribution >= 0.6 is 11.6 Å². The Morgan fingerprint density at radius 1 is 1.08 bits per heavy atom. The highest BCUT2D eigenvalue weighted by Crippen LogP contribution is 2.21. The number of rotatable bonds is 4. The van der Waals surface area contributed by atoms with Crippen LogP contribution in [0.2, 0.25) is 5.02 Å². The third-order valence-electron chi connectivity index (χ3n) is 3.12. The van der Waals surface area contributed by atoms with E-state index in [1.54, 1.807) is 12.1 Å². The van der Waals surface area contributed by atoms with Crippen LogP contribution in [-0.4, -0.2) is 27.3 Å². The number of carbonyl (C=O) groups is 2. The first-order valence-electron chi connectivity index (χ1n) is 6.79. The lowest BCUT2D eigenvalue weighted by Crippen LogP contribution is -2.41. The van der Waals surface area contributed by atoms with Gasteiger partial charge in [-0.3, -0.25) is 20.4 Å². The van der Waals surface area contributed by atoms with Crippen molar-refractivity contribution in [1.29, 1.82) is 0 Å². The summed E-state index contributed by atoms with van der Waals surface area (Å²) in [5.74, 6) is -1.27. The van der Waals surface area contributed by atoms with Crippen molar-refractivity contribution >= 4 is 33.4 Å². The van der Waals surface area contributed by atoms with Crippen LogP contribution in [-0.2, 0) is 10.0 Å². The van der Waals surface area contributed by atoms with Gasteiger partial charge in [-0.25, -0.2) is 13.6 Å². The third kappa shape index (κ3) is 4.69. The van der Waals surface area contributed by atoms with Gasteiger partial charge in [0.05, 0.1) is 17.6 Å². The average Bonchev–Trinajstić information content (AvgIpc) is 2.57. The third-order valence-corrected chi connectivity index (χ3v) is 4.27. The van der Waals surface area contributed by atoms with Crippen LogP contribution in [0, 0.1) is 0 Å². The highest BCUT2D eigenvalue weighted by molar-refractivity contribution is 7.89. The van der Waals surface area contributed by atoms with Crippen LogP contribution in [0.25, 0.3) is 0 Å². The number of benzene rings is 2. The van der Waals surface area contributed by atoms with Gasteiger partial charge in [0, 0.05) is 10.6 Å². The van der Waals surface area contributed by atoms with Crippen LogP contribution in [0.3, 0.4) is 0 Å². The van der Waals surface area contributed by atoms with Gasteiger partial charge in [0.2, 0.25) is 10.0 Å². The molecule has 0 aliphatic carbocycles. The molecule has 2 aromatic carbocycles. The van der Waals surface area contributed by atoms with Gasteiger partial charge in [0.15, 0.2) is 0 Å². The number of hydrogen-bond donors (Lipinski definition) is 3. The van der Waals surface area contributed by atoms with E-state index in [9.17, 15) is 18.0 Å². The quantitative estimate of drug-likeness (QED) is 0.680. The van der Waals surface area contributed by atoms with E-state index in [0.717, 1.165) is 6.07 Å². The standard InChI is InChI=1S/C15H14ClN3O5S/c1-24-13-6-5-11(25(17,22)23)8-12(13)15(21)19-18-14(20)9-3-2-4-10(16)7-9/h2-8H,1H3,(H,18,20)(H,19,21)(H2,17,22,23). The zero-order valence-corrected chi connectivity index (χ0v) is 14.5. The number of halogens is 1. The van der Waals surface area contributed by atoms with E-state index in [1.807, 2.05) is 0 Å². The molecule has 2 amide bonds. The molecule has 0 saturated carbocycles. The van der Waals surface area contributed by atoms with Crippen LogP contribution in [0.4, 0.5) is 0 Å². The Labute approximate surface area is 148 Å². The van der Waals surface area contributed by atoms with E-state index in [0.29, 0.717) is 5.02 Å². The van der Waals surface area contributed by atoms with Crippen LogP contribution in [0.1, 0.15) is 20.7 Å². The smallest absolute Gasteiger partial charge is 0.273 e. The minimum Gasteiger partial charge on any atom is -0.496 e. The van der Waals surface area contributed by atoms with Crippen molar-refractivity contribution < 1.29 is 22.7 Å². The van der Waals surface area contributed by atoms with Gasteiger partial charge in [-0.15, -0.1) is 0 Å². The number of nitrogens with two attached hydrogens (primary N) is 1. The number of ether oxygens (including phenoxy) is 1. The number of primary sulfonamides is 1. The van der Waals surface area contributed by atoms with Crippen LogP contribution < -0.4 is 20.7 Å². The molecule has 0 heterocycles. The maximum Gasteiger partial charge on any atom is 0.273 e. The highest BCUT2D eigenvalue weighted by atomic mass is 35.5. The molecular formula is C15H14ClN3O5S. The maximum absolute atomic E-state index is 12.2. The summed E-state index contributed by atoms with van der Waals surface area (Å²) in [6.07, 6.45) is 0. The zero-order valence-electron chi connectivity index (χ0n) is 12.9. The molecule has 0 spiro atoms. The van der Waals surface area contributed by atoms with Gasteiger partial charge >= 0.3 is 0 Å². The molecule has 0 bridgehead atoms. The molecule has 10 heteroatoms. The lowest BCUT2D eigenvalue weighted by atomic mass is 10.2. The van der Waals surface area contributed by atoms with Gasteiger partial charge in [0.25, 0.3) is 11.8 Å². The first-order valence-corrected chi connectivity index (χ1v) is 8.72. The van der Waals surface area contributed by atoms with E-state index in [2.05, 4.69) is 10.9 Å². The molecular weight excluding hydrogens is 370 g/mol. The van der Waals surface area contributed by atoms with E-state index in [4.69, 9.17) is 21.5 Å². The monoisotopic (exact) mass is 383 g/mol. The van der Waals surface area contributed by atoms with Gasteiger partial charge in [0.1, 0.15) is 5.75 Å². The highest BCUT2D eigenvalue weighted by Gasteiger charge is 2.18. The first kappa shape index (κ1) is 18.7. The minimum atomic E-state index is -4.00. The Morgan fingerprint density at radius 2 is 1.76 bits per heavy atom. The molecule has 0 aliphatic rings. The molecule has 0 radical (unpaired) electrons. The molecule has 8 nitrogen and oxygen atoms in total. The summed E-state index contributed by atoms with van der Waals surface area (Å²) in [7, 11) is -2.69. The summed E-state index contributed by atoms with van der Waals surface area (Å²) in [6, 6.07) is 9.65. The van der Waals surface area contributed by atoms with Crippen LogP contribution in [0.5, 0.6) is 5.75 Å². The largest absolute Gasteiger partial charge is 0.496 e. The van der Waals surface area contributed by atoms with E-state index in [1.165, 1.54) is 31.4 Å². The second kappa shape index (κ2) is 7.51. The molecule has 0 saturated heterocycles. The lowest BCUT2D eigenvalue weighted by Gasteiger charge is -2.11. The number of hydrogen-bond acceptors (Lipinski definition) is 5. The number of methoxy groups -OCH3 is 1. The van der Waals surface area contributed by atoms with Crippen molar-refractivity contribution in [1.82, 2.24) is 10.9 Å². The summed E-state index contributed by atoms with van der Waals surface area (Å²) in [4.78, 5) is 24.0. The molecule has 0 atom stereocenters. The van der Waals surface area contributed by atoms with E-state index < -0.39 is 21.8 Å². The van der Waals surface area contributed by atoms with E-state index >= 15 is 0 Å². The van der Waals surface area contributed by atoms with Crippen molar-refractivity contribution in [2.24, 2.45) is 5.14 Å². The van der Waals surface area contributed by atoms with Crippen LogP contribution in [0.15, 0.2) is 47.4 Å². The molecule has 132 valence electrons. The second-order valence-electron chi connectivity index (χ2n) is 4.83. The Kier molecular flexibility index (Phi) is 5.62. The number of sulfonamides is 1. The molecule has 2 aromatic rings. The molecule has 0 fully saturated rings. The number of nitrogens with one attached hydrogen (secondary N) is 2. The molecule has 2 rings (SSSR count). The van der Waals surface area contributed by atoms with E-state index in [-0.39, 0.29) is 21.8 Å².